The van der Waals surface area contributed by atoms with E-state index in [2.05, 4.69) is 4.74 Å². The zero-order valence-corrected chi connectivity index (χ0v) is 8.52. The molecule has 2 N–H and O–H groups in total. The maximum atomic E-state index is 13.2. The van der Waals surface area contributed by atoms with Crippen molar-refractivity contribution >= 4 is 17.6 Å². The number of hydrogen-bond acceptors (Lipinski definition) is 3. The first-order valence-electron chi connectivity index (χ1n) is 3.95. The lowest BCUT2D eigenvalue weighted by Crippen LogP contribution is -2.23. The van der Waals surface area contributed by atoms with Gasteiger partial charge in [0.25, 0.3) is 0 Å². The van der Waals surface area contributed by atoms with Crippen molar-refractivity contribution < 1.29 is 18.3 Å². The summed E-state index contributed by atoms with van der Waals surface area (Å²) in [4.78, 5) is 11.0. The Kier molecular flexibility index (Phi) is 3.60. The molecule has 1 aromatic carbocycles. The fourth-order valence-electron chi connectivity index (χ4n) is 1.03. The Bertz CT molecular complexity index is 398. The minimum absolute atomic E-state index is 0.288. The average Bonchev–Trinajstić information content (AvgIpc) is 2.21. The number of rotatable bonds is 2. The van der Waals surface area contributed by atoms with Crippen LogP contribution in [0.3, 0.4) is 0 Å². The molecule has 0 radical (unpaired) electrons. The number of esters is 1. The molecule has 3 nitrogen and oxygen atoms in total. The molecular formula is C9H8ClF2NO2. The second-order valence-electron chi connectivity index (χ2n) is 2.79. The number of benzene rings is 1. The van der Waals surface area contributed by atoms with Crippen molar-refractivity contribution in [3.63, 3.8) is 0 Å². The summed E-state index contributed by atoms with van der Waals surface area (Å²) in [5.74, 6) is -2.54. The smallest absolute Gasteiger partial charge is 0.327 e. The molecule has 0 aliphatic carbocycles. The van der Waals surface area contributed by atoms with Crippen molar-refractivity contribution in [2.45, 2.75) is 6.04 Å². The molecule has 1 aromatic rings. The van der Waals surface area contributed by atoms with Crippen LogP contribution in [0.2, 0.25) is 5.02 Å². The van der Waals surface area contributed by atoms with Gasteiger partial charge in [-0.1, -0.05) is 11.6 Å². The Labute approximate surface area is 89.8 Å². The highest BCUT2D eigenvalue weighted by atomic mass is 35.5. The van der Waals surface area contributed by atoms with Crippen LogP contribution in [0.15, 0.2) is 12.1 Å². The lowest BCUT2D eigenvalue weighted by Gasteiger charge is -2.10. The minimum Gasteiger partial charge on any atom is -0.468 e. The highest BCUT2D eigenvalue weighted by Crippen LogP contribution is 2.23. The lowest BCUT2D eigenvalue weighted by molar-refractivity contribution is -0.142. The summed E-state index contributed by atoms with van der Waals surface area (Å²) in [6, 6.07) is 0.177. The van der Waals surface area contributed by atoms with Crippen molar-refractivity contribution in [3.8, 4) is 0 Å². The molecule has 1 atom stereocenters. The molecule has 0 saturated heterocycles. The molecule has 82 valence electrons. The monoisotopic (exact) mass is 235 g/mol. The second-order valence-corrected chi connectivity index (χ2v) is 3.20. The van der Waals surface area contributed by atoms with Crippen molar-refractivity contribution in [2.75, 3.05) is 7.11 Å². The van der Waals surface area contributed by atoms with E-state index >= 15 is 0 Å². The van der Waals surface area contributed by atoms with E-state index in [1.54, 1.807) is 0 Å². The van der Waals surface area contributed by atoms with Gasteiger partial charge in [0.05, 0.1) is 12.1 Å². The maximum Gasteiger partial charge on any atom is 0.327 e. The molecule has 0 bridgehead atoms. The highest BCUT2D eigenvalue weighted by Gasteiger charge is 2.21. The van der Waals surface area contributed by atoms with Gasteiger partial charge in [-0.05, 0) is 12.1 Å². The topological polar surface area (TPSA) is 52.3 Å². The third-order valence-electron chi connectivity index (χ3n) is 1.83. The van der Waals surface area contributed by atoms with Crippen LogP contribution in [-0.2, 0) is 9.53 Å². The van der Waals surface area contributed by atoms with Gasteiger partial charge in [0.2, 0.25) is 0 Å². The van der Waals surface area contributed by atoms with Crippen LogP contribution in [0.1, 0.15) is 11.6 Å². The summed E-state index contributed by atoms with van der Waals surface area (Å²) >= 11 is 5.33. The molecule has 15 heavy (non-hydrogen) atoms. The number of halogens is 3. The van der Waals surface area contributed by atoms with Gasteiger partial charge < -0.3 is 10.5 Å². The van der Waals surface area contributed by atoms with E-state index < -0.39 is 23.6 Å². The van der Waals surface area contributed by atoms with Gasteiger partial charge in [0.15, 0.2) is 0 Å². The van der Waals surface area contributed by atoms with Gasteiger partial charge >= 0.3 is 5.97 Å². The first-order valence-corrected chi connectivity index (χ1v) is 4.33. The van der Waals surface area contributed by atoms with E-state index in [0.717, 1.165) is 19.2 Å². The Morgan fingerprint density at radius 1 is 1.47 bits per heavy atom. The second kappa shape index (κ2) is 4.55. The van der Waals surface area contributed by atoms with Crippen molar-refractivity contribution in [1.29, 1.82) is 0 Å². The SMILES string of the molecule is COC(=O)C(N)c1cc(F)c(Cl)cc1F. The largest absolute Gasteiger partial charge is 0.468 e. The number of methoxy groups -OCH3 is 1. The molecule has 0 aliphatic heterocycles. The third-order valence-corrected chi connectivity index (χ3v) is 2.12. The van der Waals surface area contributed by atoms with Gasteiger partial charge in [0, 0.05) is 5.56 Å². The molecule has 0 heterocycles. The van der Waals surface area contributed by atoms with Gasteiger partial charge in [0.1, 0.15) is 17.7 Å². The molecule has 1 rings (SSSR count). The molecule has 0 aromatic heterocycles. The lowest BCUT2D eigenvalue weighted by atomic mass is 10.1. The van der Waals surface area contributed by atoms with Gasteiger partial charge in [-0.15, -0.1) is 0 Å². The van der Waals surface area contributed by atoms with Crippen molar-refractivity contribution in [2.24, 2.45) is 5.73 Å². The number of carbonyl (C=O) groups is 1. The molecular weight excluding hydrogens is 228 g/mol. The van der Waals surface area contributed by atoms with E-state index in [1.165, 1.54) is 0 Å². The molecule has 0 aliphatic rings. The van der Waals surface area contributed by atoms with Crippen molar-refractivity contribution in [3.05, 3.63) is 34.4 Å². The van der Waals surface area contributed by atoms with Gasteiger partial charge in [-0.3, -0.25) is 4.79 Å². The zero-order valence-electron chi connectivity index (χ0n) is 7.76. The van der Waals surface area contributed by atoms with Crippen molar-refractivity contribution in [1.82, 2.24) is 0 Å². The molecule has 0 amide bonds. The Hall–Kier alpha value is -1.20. The highest BCUT2D eigenvalue weighted by molar-refractivity contribution is 6.30. The van der Waals surface area contributed by atoms with E-state index in [0.29, 0.717) is 0 Å². The molecule has 0 saturated carbocycles. The summed E-state index contributed by atoms with van der Waals surface area (Å²) in [5, 5.41) is -0.367. The fourth-order valence-corrected chi connectivity index (χ4v) is 1.18. The first kappa shape index (κ1) is 11.9. The average molecular weight is 236 g/mol. The Balaban J connectivity index is 3.14. The summed E-state index contributed by atoms with van der Waals surface area (Å²) in [6.07, 6.45) is 0. The quantitative estimate of drug-likeness (QED) is 0.628. The molecule has 0 spiro atoms. The number of ether oxygens (including phenoxy) is 1. The normalized spacial score (nSPS) is 12.3. The zero-order chi connectivity index (χ0) is 11.6. The van der Waals surface area contributed by atoms with Crippen LogP contribution in [0.5, 0.6) is 0 Å². The van der Waals surface area contributed by atoms with E-state index in [-0.39, 0.29) is 10.6 Å². The number of nitrogens with two attached hydrogens (primary N) is 1. The van der Waals surface area contributed by atoms with E-state index in [4.69, 9.17) is 17.3 Å². The van der Waals surface area contributed by atoms with Crippen LogP contribution >= 0.6 is 11.6 Å². The fraction of sp³-hybridized carbons (Fsp3) is 0.222. The standard InChI is InChI=1S/C9H8ClF2NO2/c1-15-9(14)8(13)4-2-7(12)5(10)3-6(4)11/h2-3,8H,13H2,1H3. The minimum atomic E-state index is -1.36. The van der Waals surface area contributed by atoms with Crippen LogP contribution in [0, 0.1) is 11.6 Å². The number of hydrogen-bond donors (Lipinski definition) is 1. The first-order chi connectivity index (χ1) is 6.97. The van der Waals surface area contributed by atoms with Gasteiger partial charge in [-0.2, -0.15) is 0 Å². The maximum absolute atomic E-state index is 13.2. The van der Waals surface area contributed by atoms with E-state index in [9.17, 15) is 13.6 Å². The van der Waals surface area contributed by atoms with Crippen LogP contribution < -0.4 is 5.73 Å². The summed E-state index contributed by atoms with van der Waals surface area (Å²) < 4.78 is 30.5. The third kappa shape index (κ3) is 2.43. The molecule has 1 unspecified atom stereocenters. The predicted octanol–water partition coefficient (Wildman–Crippen LogP) is 1.79. The van der Waals surface area contributed by atoms with Gasteiger partial charge in [-0.25, -0.2) is 8.78 Å². The summed E-state index contributed by atoms with van der Waals surface area (Å²) in [7, 11) is 1.10. The summed E-state index contributed by atoms with van der Waals surface area (Å²) in [6.45, 7) is 0. The molecule has 6 heteroatoms. The van der Waals surface area contributed by atoms with E-state index in [1.807, 2.05) is 0 Å². The Morgan fingerprint density at radius 3 is 2.60 bits per heavy atom. The predicted molar refractivity (Wildman–Crippen MR) is 50.3 cm³/mol. The molecule has 0 fully saturated rings. The summed E-state index contributed by atoms with van der Waals surface area (Å²) in [5.41, 5.74) is 5.06. The Morgan fingerprint density at radius 2 is 2.07 bits per heavy atom. The number of carbonyl (C=O) groups excluding carboxylic acids is 1. The van der Waals surface area contributed by atoms with Crippen LogP contribution in [-0.4, -0.2) is 13.1 Å². The van der Waals surface area contributed by atoms with Crippen LogP contribution in [0.25, 0.3) is 0 Å². The van der Waals surface area contributed by atoms with Crippen LogP contribution in [0.4, 0.5) is 8.78 Å².